The lowest BCUT2D eigenvalue weighted by Gasteiger charge is -2.52. The van der Waals surface area contributed by atoms with Gasteiger partial charge in [-0.05, 0) is 80.2 Å². The Kier molecular flexibility index (Phi) is 15.8. The van der Waals surface area contributed by atoms with Crippen LogP contribution in [0.4, 0.5) is 0 Å². The van der Waals surface area contributed by atoms with Gasteiger partial charge in [-0.3, -0.25) is 0 Å². The minimum Gasteiger partial charge on any atom is -0.497 e. The monoisotopic (exact) mass is 721 g/mol. The highest BCUT2D eigenvalue weighted by molar-refractivity contribution is 6.78. The maximum atomic E-state index is 7.82. The third-order valence-electron chi connectivity index (χ3n) is 12.0. The molecule has 3 atom stereocenters. The summed E-state index contributed by atoms with van der Waals surface area (Å²) in [6.07, 6.45) is 1.43. The van der Waals surface area contributed by atoms with Gasteiger partial charge in [0.15, 0.2) is 0 Å². The summed E-state index contributed by atoms with van der Waals surface area (Å²) < 4.78 is 35.6. The molecule has 0 unspecified atom stereocenters. The largest absolute Gasteiger partial charge is 0.497 e. The Bertz CT molecular complexity index is 1070. The van der Waals surface area contributed by atoms with Gasteiger partial charge in [0.2, 0.25) is 25.0 Å². The van der Waals surface area contributed by atoms with Gasteiger partial charge in [-0.15, -0.1) is 0 Å². The fourth-order valence-corrected chi connectivity index (χ4v) is 26.5. The Hall–Kier alpha value is -0.909. The molecule has 5 nitrogen and oxygen atoms in total. The molecule has 8 heteroatoms. The van der Waals surface area contributed by atoms with Crippen molar-refractivity contribution in [2.24, 2.45) is 0 Å². The van der Waals surface area contributed by atoms with Crippen LogP contribution >= 0.6 is 0 Å². The van der Waals surface area contributed by atoms with Gasteiger partial charge in [0.1, 0.15) is 23.7 Å². The van der Waals surface area contributed by atoms with Crippen LogP contribution in [0.3, 0.4) is 0 Å². The quantitative estimate of drug-likeness (QED) is 0.141. The zero-order chi connectivity index (χ0) is 36.9. The normalized spacial score (nSPS) is 20.0. The van der Waals surface area contributed by atoms with Crippen molar-refractivity contribution in [2.75, 3.05) is 13.7 Å². The minimum absolute atomic E-state index is 0.250. The number of rotatable bonds is 18. The van der Waals surface area contributed by atoms with Crippen molar-refractivity contribution in [1.82, 2.24) is 0 Å². The summed E-state index contributed by atoms with van der Waals surface area (Å²) in [5.41, 5.74) is 5.08. The van der Waals surface area contributed by atoms with E-state index in [9.17, 15) is 0 Å². The predicted molar refractivity (Wildman–Crippen MR) is 215 cm³/mol. The summed E-state index contributed by atoms with van der Waals surface area (Å²) in [4.78, 5) is 0. The van der Waals surface area contributed by atoms with Crippen molar-refractivity contribution in [3.05, 3.63) is 35.9 Å². The first-order valence-electron chi connectivity index (χ1n) is 19.2. The molecule has 1 heterocycles. The first-order valence-corrected chi connectivity index (χ1v) is 25.6. The second-order valence-corrected chi connectivity index (χ2v) is 33.6. The molecule has 0 bridgehead atoms. The Morgan fingerprint density at radius 3 is 1.27 bits per heavy atom. The first kappa shape index (κ1) is 43.3. The molecule has 48 heavy (non-hydrogen) atoms. The van der Waals surface area contributed by atoms with E-state index in [1.807, 2.05) is 12.1 Å². The lowest BCUT2D eigenvalue weighted by Crippen LogP contribution is -2.61. The zero-order valence-corrected chi connectivity index (χ0v) is 37.6. The van der Waals surface area contributed by atoms with E-state index < -0.39 is 25.0 Å². The molecule has 1 aromatic rings. The molecule has 0 saturated carbocycles. The van der Waals surface area contributed by atoms with E-state index in [1.54, 1.807) is 7.11 Å². The zero-order valence-electron chi connectivity index (χ0n) is 34.6. The minimum atomic E-state index is -2.34. The standard InChI is InChI=1S/C40H76O5Si3/c1-26(2)46(27(3)4,28(5)6)42-25-39-40(45-48(32(13)14,33(15)16)34(17)18)38(44-47(29(7)8,30(9)10)31(11)12)24-37(43-39)35-20-22-36(41-19)23-21-35/h20-24,26-34,38-40H,25H2,1-19H3/t38-,39-,40+/m1/s1. The SMILES string of the molecule is COc1ccc(C2=C[C@@H](O[Si](C(C)C)(C(C)C)C(C)C)[C@H](O[Si](C(C)C)(C(C)C)C(C)C)[C@@H](CO[Si](C(C)C)(C(C)C)C(C)C)O2)cc1. The van der Waals surface area contributed by atoms with E-state index >= 15 is 0 Å². The van der Waals surface area contributed by atoms with E-state index in [4.69, 9.17) is 22.8 Å². The molecular weight excluding hydrogens is 645 g/mol. The fourth-order valence-electron chi connectivity index (χ4n) is 10.0. The van der Waals surface area contributed by atoms with Crippen molar-refractivity contribution in [2.45, 2.75) is 193 Å². The van der Waals surface area contributed by atoms with Crippen LogP contribution in [0.1, 0.15) is 130 Å². The lowest BCUT2D eigenvalue weighted by molar-refractivity contribution is -0.0620. The summed E-state index contributed by atoms with van der Waals surface area (Å²) in [6, 6.07) is 8.23. The van der Waals surface area contributed by atoms with Gasteiger partial charge in [-0.1, -0.05) is 125 Å². The highest BCUT2D eigenvalue weighted by atomic mass is 28.4. The third kappa shape index (κ3) is 8.58. The summed E-state index contributed by atoms with van der Waals surface area (Å²) in [7, 11) is -5.15. The smallest absolute Gasteiger partial charge is 0.201 e. The number of ether oxygens (including phenoxy) is 2. The third-order valence-corrected chi connectivity index (χ3v) is 30.2. The second kappa shape index (κ2) is 17.5. The van der Waals surface area contributed by atoms with Crippen LogP contribution in [0.2, 0.25) is 49.9 Å². The molecule has 1 aromatic carbocycles. The van der Waals surface area contributed by atoms with E-state index in [-0.39, 0.29) is 18.3 Å². The van der Waals surface area contributed by atoms with Crippen molar-refractivity contribution >= 4 is 30.7 Å². The highest BCUT2D eigenvalue weighted by Crippen LogP contribution is 2.49. The molecule has 1 aliphatic heterocycles. The van der Waals surface area contributed by atoms with Crippen LogP contribution in [0.5, 0.6) is 5.75 Å². The average Bonchev–Trinajstić information content (AvgIpc) is 2.97. The van der Waals surface area contributed by atoms with Gasteiger partial charge in [0.25, 0.3) is 0 Å². The lowest BCUT2D eigenvalue weighted by atomic mass is 10.0. The Labute approximate surface area is 300 Å². The molecule has 0 aliphatic carbocycles. The molecule has 0 saturated heterocycles. The summed E-state index contributed by atoms with van der Waals surface area (Å²) in [6.45, 7) is 43.1. The van der Waals surface area contributed by atoms with Crippen molar-refractivity contribution in [3.63, 3.8) is 0 Å². The Morgan fingerprint density at radius 2 is 0.917 bits per heavy atom. The second-order valence-electron chi connectivity index (χ2n) is 17.3. The van der Waals surface area contributed by atoms with E-state index in [1.165, 1.54) is 0 Å². The number of hydrogen-bond acceptors (Lipinski definition) is 5. The maximum Gasteiger partial charge on any atom is 0.201 e. The van der Waals surface area contributed by atoms with E-state index in [0.717, 1.165) is 17.1 Å². The summed E-state index contributed by atoms with van der Waals surface area (Å²) >= 11 is 0. The van der Waals surface area contributed by atoms with Gasteiger partial charge >= 0.3 is 0 Å². The molecular formula is C40H76O5Si3. The van der Waals surface area contributed by atoms with Crippen LogP contribution in [0.15, 0.2) is 30.3 Å². The average molecular weight is 721 g/mol. The maximum absolute atomic E-state index is 7.82. The van der Waals surface area contributed by atoms with Crippen LogP contribution in [-0.4, -0.2) is 57.0 Å². The van der Waals surface area contributed by atoms with Gasteiger partial charge in [-0.2, -0.15) is 0 Å². The van der Waals surface area contributed by atoms with Crippen LogP contribution in [-0.2, 0) is 18.0 Å². The predicted octanol–water partition coefficient (Wildman–Crippen LogP) is 12.7. The molecule has 2 rings (SSSR count). The van der Waals surface area contributed by atoms with Crippen LogP contribution in [0, 0.1) is 0 Å². The van der Waals surface area contributed by atoms with Gasteiger partial charge in [-0.25, -0.2) is 0 Å². The number of benzene rings is 1. The number of hydrogen-bond donors (Lipinski definition) is 0. The van der Waals surface area contributed by atoms with Crippen molar-refractivity contribution in [3.8, 4) is 5.75 Å². The Morgan fingerprint density at radius 1 is 0.542 bits per heavy atom. The molecule has 1 aliphatic rings. The van der Waals surface area contributed by atoms with Crippen LogP contribution < -0.4 is 4.74 Å². The molecule has 0 radical (unpaired) electrons. The van der Waals surface area contributed by atoms with Gasteiger partial charge in [0, 0.05) is 5.56 Å². The Balaban J connectivity index is 2.93. The van der Waals surface area contributed by atoms with Gasteiger partial charge < -0.3 is 22.8 Å². The van der Waals surface area contributed by atoms with Crippen molar-refractivity contribution < 1.29 is 22.8 Å². The topological polar surface area (TPSA) is 46.2 Å². The molecule has 0 amide bonds. The summed E-state index contributed by atoms with van der Waals surface area (Å²) in [5.74, 6) is 1.69. The molecule has 278 valence electrons. The van der Waals surface area contributed by atoms with Gasteiger partial charge in [0.05, 0.1) is 19.8 Å². The molecule has 0 fully saturated rings. The van der Waals surface area contributed by atoms with Crippen molar-refractivity contribution in [1.29, 1.82) is 0 Å². The highest BCUT2D eigenvalue weighted by Gasteiger charge is 2.55. The summed E-state index contributed by atoms with van der Waals surface area (Å²) in [5, 5.41) is 0. The molecule has 0 spiro atoms. The van der Waals surface area contributed by atoms with Crippen LogP contribution in [0.25, 0.3) is 5.76 Å². The first-order chi connectivity index (χ1) is 22.2. The molecule has 0 aromatic heterocycles. The number of methoxy groups -OCH3 is 1. The molecule has 0 N–H and O–H groups in total. The fraction of sp³-hybridized carbons (Fsp3) is 0.800. The van der Waals surface area contributed by atoms with E-state index in [0.29, 0.717) is 56.5 Å². The van der Waals surface area contributed by atoms with E-state index in [2.05, 4.69) is 143 Å².